The van der Waals surface area contributed by atoms with Crippen LogP contribution in [0.1, 0.15) is 55.8 Å². The van der Waals surface area contributed by atoms with E-state index in [1.165, 1.54) is 22.7 Å². The lowest BCUT2D eigenvalue weighted by atomic mass is 10.0. The maximum atomic E-state index is 4.48. The van der Waals surface area contributed by atoms with E-state index in [0.717, 1.165) is 18.9 Å². The van der Waals surface area contributed by atoms with Gasteiger partial charge in [-0.1, -0.05) is 6.92 Å². The minimum Gasteiger partial charge on any atom is -0.307 e. The van der Waals surface area contributed by atoms with Crippen LogP contribution < -0.4 is 5.32 Å². The van der Waals surface area contributed by atoms with E-state index in [9.17, 15) is 0 Å². The van der Waals surface area contributed by atoms with E-state index in [-0.39, 0.29) is 5.54 Å². The maximum Gasteiger partial charge on any atom is 0.0959 e. The molecule has 2 rings (SSSR count). The van der Waals surface area contributed by atoms with Gasteiger partial charge in [0.1, 0.15) is 0 Å². The molecule has 2 nitrogen and oxygen atoms in total. The fourth-order valence-corrected chi connectivity index (χ4v) is 2.40. The zero-order valence-electron chi connectivity index (χ0n) is 9.84. The van der Waals surface area contributed by atoms with Crippen LogP contribution in [0, 0.1) is 0 Å². The van der Waals surface area contributed by atoms with Crippen LogP contribution in [0.3, 0.4) is 0 Å². The minimum absolute atomic E-state index is 0.240. The highest BCUT2D eigenvalue weighted by Gasteiger charge is 2.26. The van der Waals surface area contributed by atoms with Crippen LogP contribution in [-0.2, 0) is 6.54 Å². The fourth-order valence-electron chi connectivity index (χ4n) is 1.37. The van der Waals surface area contributed by atoms with Gasteiger partial charge >= 0.3 is 0 Å². The van der Waals surface area contributed by atoms with Crippen LogP contribution in [0.4, 0.5) is 0 Å². The first-order valence-corrected chi connectivity index (χ1v) is 6.62. The van der Waals surface area contributed by atoms with Crippen LogP contribution in [-0.4, -0.2) is 10.5 Å². The van der Waals surface area contributed by atoms with Gasteiger partial charge < -0.3 is 5.32 Å². The van der Waals surface area contributed by atoms with Crippen LogP contribution in [0.25, 0.3) is 0 Å². The SMILES string of the molecule is CCC(C)(C)NCc1cnc(C2CC2)s1. The molecule has 1 aromatic heterocycles. The molecule has 3 heteroatoms. The Kier molecular flexibility index (Phi) is 3.12. The van der Waals surface area contributed by atoms with Gasteiger partial charge in [0.2, 0.25) is 0 Å². The van der Waals surface area contributed by atoms with Gasteiger partial charge in [0, 0.05) is 29.1 Å². The van der Waals surface area contributed by atoms with Gasteiger partial charge in [-0.05, 0) is 33.1 Å². The van der Waals surface area contributed by atoms with E-state index in [2.05, 4.69) is 31.1 Å². The van der Waals surface area contributed by atoms with Gasteiger partial charge in [-0.3, -0.25) is 0 Å². The van der Waals surface area contributed by atoms with Gasteiger partial charge in [0.15, 0.2) is 0 Å². The average Bonchev–Trinajstić information content (AvgIpc) is 2.96. The van der Waals surface area contributed by atoms with Gasteiger partial charge in [0.25, 0.3) is 0 Å². The van der Waals surface area contributed by atoms with E-state index in [0.29, 0.717) is 0 Å². The summed E-state index contributed by atoms with van der Waals surface area (Å²) < 4.78 is 0. The summed E-state index contributed by atoms with van der Waals surface area (Å²) in [6, 6.07) is 0. The Hall–Kier alpha value is -0.410. The molecule has 0 aromatic carbocycles. The van der Waals surface area contributed by atoms with Crippen molar-refractivity contribution in [3.05, 3.63) is 16.1 Å². The Morgan fingerprint density at radius 1 is 1.53 bits per heavy atom. The van der Waals surface area contributed by atoms with Crippen molar-refractivity contribution in [3.63, 3.8) is 0 Å². The summed E-state index contributed by atoms with van der Waals surface area (Å²) in [6.45, 7) is 7.67. The van der Waals surface area contributed by atoms with Crippen molar-refractivity contribution in [1.82, 2.24) is 10.3 Å². The number of hydrogen-bond acceptors (Lipinski definition) is 3. The lowest BCUT2D eigenvalue weighted by molar-refractivity contribution is 0.376. The molecule has 0 atom stereocenters. The molecule has 1 fully saturated rings. The van der Waals surface area contributed by atoms with Gasteiger partial charge in [-0.2, -0.15) is 0 Å². The van der Waals surface area contributed by atoms with Crippen molar-refractivity contribution < 1.29 is 0 Å². The Morgan fingerprint density at radius 3 is 2.87 bits per heavy atom. The standard InChI is InChI=1S/C12H20N2S/c1-4-12(2,3)14-8-10-7-13-11(15-10)9-5-6-9/h7,9,14H,4-6,8H2,1-3H3. The summed E-state index contributed by atoms with van der Waals surface area (Å²) in [5, 5.41) is 4.92. The molecule has 0 bridgehead atoms. The van der Waals surface area contributed by atoms with Gasteiger partial charge in [-0.15, -0.1) is 11.3 Å². The maximum absolute atomic E-state index is 4.48. The quantitative estimate of drug-likeness (QED) is 0.830. The first-order chi connectivity index (χ1) is 7.11. The smallest absolute Gasteiger partial charge is 0.0959 e. The molecule has 15 heavy (non-hydrogen) atoms. The molecule has 84 valence electrons. The van der Waals surface area contributed by atoms with Gasteiger partial charge in [0.05, 0.1) is 5.01 Å². The lowest BCUT2D eigenvalue weighted by Crippen LogP contribution is -2.37. The Bertz CT molecular complexity index is 326. The molecule has 0 spiro atoms. The first-order valence-electron chi connectivity index (χ1n) is 5.80. The zero-order chi connectivity index (χ0) is 10.9. The molecule has 1 saturated carbocycles. The summed E-state index contributed by atoms with van der Waals surface area (Å²) in [7, 11) is 0. The molecule has 1 heterocycles. The summed E-state index contributed by atoms with van der Waals surface area (Å²) in [6.07, 6.45) is 5.89. The Labute approximate surface area is 96.1 Å². The molecule has 0 radical (unpaired) electrons. The van der Waals surface area contributed by atoms with Crippen molar-refractivity contribution in [1.29, 1.82) is 0 Å². The molecule has 0 unspecified atom stereocenters. The number of nitrogens with zero attached hydrogens (tertiary/aromatic N) is 1. The van der Waals surface area contributed by atoms with E-state index in [1.807, 2.05) is 17.5 Å². The number of rotatable bonds is 5. The summed E-state index contributed by atoms with van der Waals surface area (Å²) in [4.78, 5) is 5.86. The van der Waals surface area contributed by atoms with Crippen molar-refractivity contribution in [2.24, 2.45) is 0 Å². The third kappa shape index (κ3) is 3.02. The van der Waals surface area contributed by atoms with Crippen molar-refractivity contribution in [2.75, 3.05) is 0 Å². The molecule has 1 aromatic rings. The molecule has 1 aliphatic carbocycles. The average molecular weight is 224 g/mol. The van der Waals surface area contributed by atoms with Crippen LogP contribution >= 0.6 is 11.3 Å². The van der Waals surface area contributed by atoms with E-state index < -0.39 is 0 Å². The largest absolute Gasteiger partial charge is 0.307 e. The molecule has 0 amide bonds. The molecular weight excluding hydrogens is 204 g/mol. The fraction of sp³-hybridized carbons (Fsp3) is 0.750. The zero-order valence-corrected chi connectivity index (χ0v) is 10.7. The number of nitrogens with one attached hydrogen (secondary N) is 1. The predicted molar refractivity (Wildman–Crippen MR) is 65.3 cm³/mol. The highest BCUT2D eigenvalue weighted by molar-refractivity contribution is 7.11. The molecular formula is C12H20N2S. The summed E-state index contributed by atoms with van der Waals surface area (Å²) >= 11 is 1.88. The third-order valence-corrected chi connectivity index (χ3v) is 4.28. The van der Waals surface area contributed by atoms with Crippen molar-refractivity contribution in [3.8, 4) is 0 Å². The van der Waals surface area contributed by atoms with Crippen LogP contribution in [0.5, 0.6) is 0 Å². The van der Waals surface area contributed by atoms with Crippen LogP contribution in [0.2, 0.25) is 0 Å². The minimum atomic E-state index is 0.240. The third-order valence-electron chi connectivity index (χ3n) is 3.12. The monoisotopic (exact) mass is 224 g/mol. The van der Waals surface area contributed by atoms with E-state index in [1.54, 1.807) is 0 Å². The summed E-state index contributed by atoms with van der Waals surface area (Å²) in [5.41, 5.74) is 0.240. The number of thiazole rings is 1. The normalized spacial score (nSPS) is 17.0. The summed E-state index contributed by atoms with van der Waals surface area (Å²) in [5.74, 6) is 0.794. The second-order valence-electron chi connectivity index (χ2n) is 5.03. The second kappa shape index (κ2) is 4.22. The predicted octanol–water partition coefficient (Wildman–Crippen LogP) is 3.30. The topological polar surface area (TPSA) is 24.9 Å². The molecule has 1 aliphatic rings. The molecule has 1 N–H and O–H groups in total. The second-order valence-corrected chi connectivity index (χ2v) is 6.18. The van der Waals surface area contributed by atoms with Gasteiger partial charge in [-0.25, -0.2) is 4.98 Å². The Balaban J connectivity index is 1.87. The van der Waals surface area contributed by atoms with Crippen LogP contribution in [0.15, 0.2) is 6.20 Å². The van der Waals surface area contributed by atoms with Crippen molar-refractivity contribution >= 4 is 11.3 Å². The first kappa shape index (κ1) is 11.1. The number of hydrogen-bond donors (Lipinski definition) is 1. The van der Waals surface area contributed by atoms with E-state index in [4.69, 9.17) is 0 Å². The molecule has 0 saturated heterocycles. The molecule has 0 aliphatic heterocycles. The highest BCUT2D eigenvalue weighted by Crippen LogP contribution is 2.41. The van der Waals surface area contributed by atoms with Crippen molar-refractivity contribution in [2.45, 2.75) is 58.0 Å². The van der Waals surface area contributed by atoms with E-state index >= 15 is 0 Å². The lowest BCUT2D eigenvalue weighted by Gasteiger charge is -2.23. The Morgan fingerprint density at radius 2 is 2.27 bits per heavy atom. The number of aromatic nitrogens is 1. The highest BCUT2D eigenvalue weighted by atomic mass is 32.1.